The van der Waals surface area contributed by atoms with E-state index in [-0.39, 0.29) is 19.6 Å². The van der Waals surface area contributed by atoms with Gasteiger partial charge in [0.15, 0.2) is 6.10 Å². The van der Waals surface area contributed by atoms with E-state index in [0.29, 0.717) is 17.4 Å². The second-order valence-corrected chi connectivity index (χ2v) is 13.0. The van der Waals surface area contributed by atoms with Crippen molar-refractivity contribution in [2.75, 3.05) is 47.5 Å². The molecule has 0 spiro atoms. The van der Waals surface area contributed by atoms with E-state index in [9.17, 15) is 19.0 Å². The zero-order valence-corrected chi connectivity index (χ0v) is 26.5. The van der Waals surface area contributed by atoms with E-state index in [1.165, 1.54) is 90.4 Å². The lowest BCUT2D eigenvalue weighted by Crippen LogP contribution is -2.37. The van der Waals surface area contributed by atoms with Gasteiger partial charge in [-0.05, 0) is 6.42 Å². The average Bonchev–Trinajstić information content (AvgIpc) is 2.84. The Balaban J connectivity index is 3.95. The molecule has 2 unspecified atom stereocenters. The van der Waals surface area contributed by atoms with Crippen molar-refractivity contribution >= 4 is 19.8 Å². The molecular weight excluding hydrogens is 521 g/mol. The molecule has 9 nitrogen and oxygen atoms in total. The smallest absolute Gasteiger partial charge is 0.462 e. The van der Waals surface area contributed by atoms with E-state index in [4.69, 9.17) is 18.5 Å². The lowest BCUT2D eigenvalue weighted by atomic mass is 10.0. The molecule has 0 radical (unpaired) electrons. The highest BCUT2D eigenvalue weighted by molar-refractivity contribution is 7.47. The van der Waals surface area contributed by atoms with E-state index in [2.05, 4.69) is 6.92 Å². The molecule has 0 aromatic rings. The van der Waals surface area contributed by atoms with Crippen LogP contribution in [0.15, 0.2) is 0 Å². The van der Waals surface area contributed by atoms with Gasteiger partial charge < -0.3 is 18.9 Å². The van der Waals surface area contributed by atoms with Crippen molar-refractivity contribution in [3.05, 3.63) is 0 Å². The minimum Gasteiger partial charge on any atom is -0.462 e. The highest BCUT2D eigenvalue weighted by Gasteiger charge is 2.26. The first-order chi connectivity index (χ1) is 18.4. The molecule has 0 bridgehead atoms. The molecule has 39 heavy (non-hydrogen) atoms. The van der Waals surface area contributed by atoms with Crippen LogP contribution in [0.1, 0.15) is 123 Å². The van der Waals surface area contributed by atoms with Gasteiger partial charge in [-0.15, -0.1) is 0 Å². The fourth-order valence-corrected chi connectivity index (χ4v) is 4.77. The molecule has 0 saturated heterocycles. The molecule has 0 saturated carbocycles. The zero-order chi connectivity index (χ0) is 29.4. The van der Waals surface area contributed by atoms with E-state index in [1.54, 1.807) is 0 Å². The normalized spacial score (nSPS) is 14.1. The van der Waals surface area contributed by atoms with Gasteiger partial charge in [-0.2, -0.15) is 0 Å². The summed E-state index contributed by atoms with van der Waals surface area (Å²) in [6, 6.07) is 0. The molecule has 0 aromatic heterocycles. The molecule has 0 amide bonds. The van der Waals surface area contributed by atoms with Crippen LogP contribution in [-0.4, -0.2) is 74.9 Å². The number of quaternary nitrogens is 1. The number of hydrogen-bond acceptors (Lipinski definition) is 7. The molecule has 0 rings (SSSR count). The summed E-state index contributed by atoms with van der Waals surface area (Å²) in [5, 5.41) is 0. The van der Waals surface area contributed by atoms with Gasteiger partial charge in [-0.1, -0.05) is 103 Å². The van der Waals surface area contributed by atoms with Crippen molar-refractivity contribution in [2.24, 2.45) is 0 Å². The third-order valence-corrected chi connectivity index (χ3v) is 7.43. The van der Waals surface area contributed by atoms with Gasteiger partial charge >= 0.3 is 19.8 Å². The summed E-state index contributed by atoms with van der Waals surface area (Å²) in [6.07, 6.45) is 19.4. The standard InChI is InChI=1S/C29H58NO8P/c1-6-7-8-9-10-11-12-13-14-15-16-17-18-19-20-21-22-29(32)38-28(25-35-27(2)31)26-37-39(33,34)36-24-23-30(3,4)5/h28H,6-26H2,1-5H3/p+1. The Morgan fingerprint density at radius 1 is 0.744 bits per heavy atom. The number of likely N-dealkylation sites (N-methyl/N-ethyl adjacent to an activating group) is 1. The van der Waals surface area contributed by atoms with E-state index < -0.39 is 32.5 Å². The van der Waals surface area contributed by atoms with Gasteiger partial charge in [-0.3, -0.25) is 18.6 Å². The second kappa shape index (κ2) is 23.7. The molecule has 0 aromatic carbocycles. The number of nitrogens with zero attached hydrogens (tertiary/aromatic N) is 1. The summed E-state index contributed by atoms with van der Waals surface area (Å²) in [5.74, 6) is -0.986. The zero-order valence-electron chi connectivity index (χ0n) is 25.6. The average molecular weight is 581 g/mol. The number of carbonyl (C=O) groups is 2. The van der Waals surface area contributed by atoms with Gasteiger partial charge in [0.05, 0.1) is 27.7 Å². The van der Waals surface area contributed by atoms with Gasteiger partial charge in [0.1, 0.15) is 19.8 Å². The molecule has 0 fully saturated rings. The molecule has 10 heteroatoms. The van der Waals surface area contributed by atoms with Crippen LogP contribution < -0.4 is 0 Å². The first-order valence-corrected chi connectivity index (χ1v) is 16.7. The van der Waals surface area contributed by atoms with Crippen LogP contribution in [0.3, 0.4) is 0 Å². The number of unbranched alkanes of at least 4 members (excludes halogenated alkanes) is 15. The minimum absolute atomic E-state index is 0.0327. The fraction of sp³-hybridized carbons (Fsp3) is 0.931. The fourth-order valence-electron chi connectivity index (χ4n) is 4.03. The maximum Gasteiger partial charge on any atom is 0.472 e. The van der Waals surface area contributed by atoms with Crippen LogP contribution in [0.4, 0.5) is 0 Å². The number of carbonyl (C=O) groups excluding carboxylic acids is 2. The Morgan fingerprint density at radius 2 is 1.21 bits per heavy atom. The Kier molecular flexibility index (Phi) is 23.1. The molecular formula is C29H59NO8P+. The number of phosphoric ester groups is 1. The van der Waals surface area contributed by atoms with E-state index >= 15 is 0 Å². The molecule has 2 atom stereocenters. The SMILES string of the molecule is CCCCCCCCCCCCCCCCCCC(=O)OC(COC(C)=O)COP(=O)(O)OCC[N+](C)(C)C. The maximum atomic E-state index is 12.3. The van der Waals surface area contributed by atoms with Crippen LogP contribution in [-0.2, 0) is 32.7 Å². The summed E-state index contributed by atoms with van der Waals surface area (Å²) >= 11 is 0. The van der Waals surface area contributed by atoms with Gasteiger partial charge in [0.2, 0.25) is 0 Å². The third kappa shape index (κ3) is 28.3. The Morgan fingerprint density at radius 3 is 1.64 bits per heavy atom. The molecule has 232 valence electrons. The highest BCUT2D eigenvalue weighted by Crippen LogP contribution is 2.43. The number of esters is 2. The second-order valence-electron chi connectivity index (χ2n) is 11.6. The summed E-state index contributed by atoms with van der Waals surface area (Å²) < 4.78 is 32.9. The Hall–Kier alpha value is -0.990. The van der Waals surface area contributed by atoms with Crippen LogP contribution >= 0.6 is 7.82 Å². The summed E-state index contributed by atoms with van der Waals surface area (Å²) in [4.78, 5) is 33.3. The van der Waals surface area contributed by atoms with Crippen molar-refractivity contribution in [1.29, 1.82) is 0 Å². The highest BCUT2D eigenvalue weighted by atomic mass is 31.2. The molecule has 0 aliphatic carbocycles. The topological polar surface area (TPSA) is 108 Å². The molecule has 0 heterocycles. The molecule has 0 aliphatic rings. The number of hydrogen-bond donors (Lipinski definition) is 1. The third-order valence-electron chi connectivity index (χ3n) is 6.45. The first kappa shape index (κ1) is 38.0. The lowest BCUT2D eigenvalue weighted by molar-refractivity contribution is -0.870. The van der Waals surface area contributed by atoms with Crippen LogP contribution in [0.2, 0.25) is 0 Å². The van der Waals surface area contributed by atoms with Crippen molar-refractivity contribution in [1.82, 2.24) is 0 Å². The van der Waals surface area contributed by atoms with E-state index in [0.717, 1.165) is 12.8 Å². The summed E-state index contributed by atoms with van der Waals surface area (Å²) in [7, 11) is 1.47. The van der Waals surface area contributed by atoms with Crippen molar-refractivity contribution in [3.8, 4) is 0 Å². The van der Waals surface area contributed by atoms with Crippen LogP contribution in [0, 0.1) is 0 Å². The van der Waals surface area contributed by atoms with Gasteiger partial charge in [-0.25, -0.2) is 4.57 Å². The summed E-state index contributed by atoms with van der Waals surface area (Å²) in [6.45, 7) is 3.38. The number of rotatable bonds is 27. The molecule has 0 aliphatic heterocycles. The van der Waals surface area contributed by atoms with Gasteiger partial charge in [0.25, 0.3) is 0 Å². The lowest BCUT2D eigenvalue weighted by Gasteiger charge is -2.24. The van der Waals surface area contributed by atoms with Crippen LogP contribution in [0.5, 0.6) is 0 Å². The van der Waals surface area contributed by atoms with Gasteiger partial charge in [0, 0.05) is 13.3 Å². The molecule has 1 N–H and O–H groups in total. The van der Waals surface area contributed by atoms with Crippen LogP contribution in [0.25, 0.3) is 0 Å². The Labute approximate surface area is 238 Å². The predicted molar refractivity (Wildman–Crippen MR) is 155 cm³/mol. The monoisotopic (exact) mass is 580 g/mol. The minimum atomic E-state index is -4.32. The van der Waals surface area contributed by atoms with Crippen molar-refractivity contribution in [2.45, 2.75) is 129 Å². The summed E-state index contributed by atoms with van der Waals surface area (Å²) in [5.41, 5.74) is 0. The number of ether oxygens (including phenoxy) is 2. The Bertz CT molecular complexity index is 668. The largest absolute Gasteiger partial charge is 0.472 e. The van der Waals surface area contributed by atoms with E-state index in [1.807, 2.05) is 21.1 Å². The quantitative estimate of drug-likeness (QED) is 0.0481. The number of phosphoric acid groups is 1. The first-order valence-electron chi connectivity index (χ1n) is 15.2. The van der Waals surface area contributed by atoms with Crippen molar-refractivity contribution < 1.29 is 42.1 Å². The predicted octanol–water partition coefficient (Wildman–Crippen LogP) is 6.95. The maximum absolute atomic E-state index is 12.3. The van der Waals surface area contributed by atoms with Crippen molar-refractivity contribution in [3.63, 3.8) is 0 Å².